The summed E-state index contributed by atoms with van der Waals surface area (Å²) in [6.07, 6.45) is 1.93. The summed E-state index contributed by atoms with van der Waals surface area (Å²) in [6.45, 7) is 6.91. The smallest absolute Gasteiger partial charge is 0.228 e. The fraction of sp³-hybridized carbons (Fsp3) is 0.625. The highest BCUT2D eigenvalue weighted by Gasteiger charge is 2.29. The van der Waals surface area contributed by atoms with Crippen molar-refractivity contribution in [2.75, 3.05) is 39.3 Å². The van der Waals surface area contributed by atoms with Crippen LogP contribution in [0.4, 0.5) is 0 Å². The fourth-order valence-corrected chi connectivity index (χ4v) is 4.32. The van der Waals surface area contributed by atoms with E-state index in [1.54, 1.807) is 13.0 Å². The molecule has 0 spiro atoms. The lowest BCUT2D eigenvalue weighted by Crippen LogP contribution is -2.54. The van der Waals surface area contributed by atoms with Crippen molar-refractivity contribution in [1.82, 2.24) is 29.8 Å². The summed E-state index contributed by atoms with van der Waals surface area (Å²) in [7, 11) is -3.42. The Hall–Kier alpha value is -2.47. The monoisotopic (exact) mass is 411 g/mol. The normalized spacial score (nSPS) is 16.5. The van der Waals surface area contributed by atoms with E-state index in [-0.39, 0.29) is 5.75 Å². The van der Waals surface area contributed by atoms with Crippen molar-refractivity contribution in [3.8, 4) is 0 Å². The zero-order valence-corrected chi connectivity index (χ0v) is 16.9. The molecule has 0 aliphatic carbocycles. The Bertz CT molecular complexity index is 871. The summed E-state index contributed by atoms with van der Waals surface area (Å²) < 4.78 is 36.4. The van der Waals surface area contributed by atoms with E-state index < -0.39 is 10.0 Å². The summed E-state index contributed by atoms with van der Waals surface area (Å²) in [4.78, 5) is 10.8. The van der Waals surface area contributed by atoms with E-state index in [0.717, 1.165) is 12.5 Å². The first-order valence-electron chi connectivity index (χ1n) is 9.17. The largest absolute Gasteiger partial charge is 0.364 e. The topological polar surface area (TPSA) is 130 Å². The molecule has 0 atom stereocenters. The lowest BCUT2D eigenvalue weighted by molar-refractivity contribution is 0.259. The summed E-state index contributed by atoms with van der Waals surface area (Å²) in [5.74, 6) is 1.77. The van der Waals surface area contributed by atoms with Crippen LogP contribution in [0, 0.1) is 6.92 Å². The number of guanidine groups is 1. The predicted molar refractivity (Wildman–Crippen MR) is 101 cm³/mol. The number of aryl methyl sites for hydroxylation is 1. The number of piperazine rings is 1. The molecular weight excluding hydrogens is 386 g/mol. The Morgan fingerprint density at radius 1 is 1.29 bits per heavy atom. The third-order valence-electron chi connectivity index (χ3n) is 4.24. The van der Waals surface area contributed by atoms with Crippen LogP contribution in [0.1, 0.15) is 24.3 Å². The van der Waals surface area contributed by atoms with Crippen LogP contribution in [0.2, 0.25) is 0 Å². The van der Waals surface area contributed by atoms with E-state index in [4.69, 9.17) is 9.05 Å². The molecule has 1 fully saturated rings. The van der Waals surface area contributed by atoms with Crippen molar-refractivity contribution in [3.05, 3.63) is 29.7 Å². The minimum Gasteiger partial charge on any atom is -0.364 e. The van der Waals surface area contributed by atoms with Gasteiger partial charge in [-0.25, -0.2) is 8.42 Å². The van der Waals surface area contributed by atoms with Gasteiger partial charge < -0.3 is 19.3 Å². The average molecular weight is 411 g/mol. The van der Waals surface area contributed by atoms with Gasteiger partial charge in [-0.15, -0.1) is 0 Å². The molecule has 12 heteroatoms. The Balaban J connectivity index is 1.55. The molecule has 28 heavy (non-hydrogen) atoms. The van der Waals surface area contributed by atoms with Gasteiger partial charge in [0.15, 0.2) is 11.8 Å². The van der Waals surface area contributed by atoms with E-state index in [9.17, 15) is 8.42 Å². The highest BCUT2D eigenvalue weighted by atomic mass is 32.2. The molecule has 0 bridgehead atoms. The molecule has 11 nitrogen and oxygen atoms in total. The van der Waals surface area contributed by atoms with Gasteiger partial charge in [0.25, 0.3) is 0 Å². The van der Waals surface area contributed by atoms with Gasteiger partial charge in [-0.1, -0.05) is 10.3 Å². The third-order valence-corrected chi connectivity index (χ3v) is 6.06. The van der Waals surface area contributed by atoms with Gasteiger partial charge in [-0.2, -0.15) is 9.29 Å². The Kier molecular flexibility index (Phi) is 6.62. The van der Waals surface area contributed by atoms with Crippen molar-refractivity contribution in [3.63, 3.8) is 0 Å². The maximum atomic E-state index is 12.5. The van der Waals surface area contributed by atoms with Crippen LogP contribution in [0.25, 0.3) is 0 Å². The molecule has 0 radical (unpaired) electrons. The standard InChI is InChI=1S/C16H25N7O4S/c1-3-17-16(18-6-4-15-19-13(2)20-27-15)22-7-9-23(10-8-22)28(24,25)12-14-5-11-26-21-14/h5,11H,3-4,6-10,12H2,1-2H3,(H,17,18). The minimum absolute atomic E-state index is 0.152. The number of aliphatic imine (C=N–C) groups is 1. The number of sulfonamides is 1. The van der Waals surface area contributed by atoms with Crippen molar-refractivity contribution in [2.24, 2.45) is 4.99 Å². The second-order valence-electron chi connectivity index (χ2n) is 6.35. The van der Waals surface area contributed by atoms with E-state index in [0.29, 0.717) is 56.6 Å². The molecule has 3 rings (SSSR count). The highest BCUT2D eigenvalue weighted by molar-refractivity contribution is 7.88. The predicted octanol–water partition coefficient (Wildman–Crippen LogP) is 0.0216. The van der Waals surface area contributed by atoms with Crippen molar-refractivity contribution in [1.29, 1.82) is 0 Å². The van der Waals surface area contributed by atoms with Crippen LogP contribution in [-0.4, -0.2) is 78.1 Å². The van der Waals surface area contributed by atoms with Gasteiger partial charge in [-0.3, -0.25) is 4.99 Å². The molecule has 0 amide bonds. The van der Waals surface area contributed by atoms with Gasteiger partial charge in [0.05, 0.1) is 12.2 Å². The summed E-state index contributed by atoms with van der Waals surface area (Å²) in [6, 6.07) is 1.56. The molecule has 0 unspecified atom stereocenters. The SMILES string of the molecule is CCNC(=NCCc1nc(C)no1)N1CCN(S(=O)(=O)Cc2ccon2)CC1. The van der Waals surface area contributed by atoms with Crippen molar-refractivity contribution < 1.29 is 17.5 Å². The molecule has 1 aliphatic rings. The molecule has 1 saturated heterocycles. The molecule has 2 aromatic rings. The lowest BCUT2D eigenvalue weighted by atomic mass is 10.4. The Morgan fingerprint density at radius 3 is 2.68 bits per heavy atom. The van der Waals surface area contributed by atoms with Gasteiger partial charge in [0.1, 0.15) is 12.0 Å². The van der Waals surface area contributed by atoms with E-state index in [1.165, 1.54) is 10.6 Å². The molecule has 3 heterocycles. The van der Waals surface area contributed by atoms with E-state index in [2.05, 4.69) is 30.5 Å². The molecule has 1 N–H and O–H groups in total. The summed E-state index contributed by atoms with van der Waals surface area (Å²) in [5.41, 5.74) is 0.411. The average Bonchev–Trinajstić information content (AvgIpc) is 3.32. The van der Waals surface area contributed by atoms with Gasteiger partial charge >= 0.3 is 0 Å². The number of hydrogen-bond donors (Lipinski definition) is 1. The van der Waals surface area contributed by atoms with E-state index in [1.807, 2.05) is 6.92 Å². The van der Waals surface area contributed by atoms with E-state index >= 15 is 0 Å². The van der Waals surface area contributed by atoms with Crippen LogP contribution in [0.5, 0.6) is 0 Å². The first-order chi connectivity index (χ1) is 13.5. The molecule has 154 valence electrons. The zero-order valence-electron chi connectivity index (χ0n) is 16.0. The molecule has 2 aromatic heterocycles. The number of aromatic nitrogens is 3. The first kappa shape index (κ1) is 20.3. The van der Waals surface area contributed by atoms with Crippen LogP contribution < -0.4 is 5.32 Å². The maximum absolute atomic E-state index is 12.5. The molecular formula is C16H25N7O4S. The van der Waals surface area contributed by atoms with Crippen LogP contribution in [0.3, 0.4) is 0 Å². The third kappa shape index (κ3) is 5.29. The summed E-state index contributed by atoms with van der Waals surface area (Å²) >= 11 is 0. The second-order valence-corrected chi connectivity index (χ2v) is 8.32. The first-order valence-corrected chi connectivity index (χ1v) is 10.8. The second kappa shape index (κ2) is 9.15. The highest BCUT2D eigenvalue weighted by Crippen LogP contribution is 2.13. The lowest BCUT2D eigenvalue weighted by Gasteiger charge is -2.35. The van der Waals surface area contributed by atoms with Crippen LogP contribution in [0.15, 0.2) is 26.4 Å². The fourth-order valence-electron chi connectivity index (χ4n) is 2.89. The van der Waals surface area contributed by atoms with Gasteiger partial charge in [-0.05, 0) is 13.8 Å². The number of hydrogen-bond acceptors (Lipinski definition) is 8. The van der Waals surface area contributed by atoms with Crippen LogP contribution >= 0.6 is 0 Å². The quantitative estimate of drug-likeness (QED) is 0.495. The Labute approximate surface area is 163 Å². The molecule has 0 aromatic carbocycles. The zero-order chi connectivity index (χ0) is 20.0. The number of rotatable bonds is 7. The maximum Gasteiger partial charge on any atom is 0.228 e. The van der Waals surface area contributed by atoms with Crippen LogP contribution in [-0.2, 0) is 22.2 Å². The minimum atomic E-state index is -3.42. The Morgan fingerprint density at radius 2 is 2.07 bits per heavy atom. The van der Waals surface area contributed by atoms with Crippen molar-refractivity contribution in [2.45, 2.75) is 26.0 Å². The molecule has 1 aliphatic heterocycles. The number of nitrogens with one attached hydrogen (secondary N) is 1. The van der Waals surface area contributed by atoms with Gasteiger partial charge in [0.2, 0.25) is 15.9 Å². The summed E-state index contributed by atoms with van der Waals surface area (Å²) in [5, 5.41) is 10.7. The molecule has 0 saturated carbocycles. The van der Waals surface area contributed by atoms with Gasteiger partial charge in [0, 0.05) is 45.2 Å². The number of nitrogens with zero attached hydrogens (tertiary/aromatic N) is 6. The van der Waals surface area contributed by atoms with Crippen molar-refractivity contribution >= 4 is 16.0 Å².